The molecule has 0 aliphatic heterocycles. The second-order valence-corrected chi connectivity index (χ2v) is 4.54. The Labute approximate surface area is 114 Å². The van der Waals surface area contributed by atoms with E-state index in [0.717, 1.165) is 10.9 Å². The number of ketones is 1. The summed E-state index contributed by atoms with van der Waals surface area (Å²) < 4.78 is 0. The first-order valence-corrected chi connectivity index (χ1v) is 6.13. The summed E-state index contributed by atoms with van der Waals surface area (Å²) in [6.45, 7) is 0. The van der Waals surface area contributed by atoms with Crippen LogP contribution in [-0.4, -0.2) is 15.8 Å². The molecule has 0 amide bonds. The molecule has 19 heavy (non-hydrogen) atoms. The van der Waals surface area contributed by atoms with Crippen molar-refractivity contribution in [1.82, 2.24) is 9.97 Å². The van der Waals surface area contributed by atoms with Crippen LogP contribution in [0.1, 0.15) is 16.1 Å². The van der Waals surface area contributed by atoms with Gasteiger partial charge in [0.15, 0.2) is 0 Å². The van der Waals surface area contributed by atoms with E-state index >= 15 is 0 Å². The van der Waals surface area contributed by atoms with Crippen LogP contribution in [0.5, 0.6) is 0 Å². The average molecular weight is 269 g/mol. The Hall–Kier alpha value is -2.26. The predicted octanol–water partition coefficient (Wildman–Crippen LogP) is 3.51. The Morgan fingerprint density at radius 3 is 2.63 bits per heavy atom. The van der Waals surface area contributed by atoms with Gasteiger partial charge in [-0.05, 0) is 24.3 Å². The van der Waals surface area contributed by atoms with Gasteiger partial charge in [-0.1, -0.05) is 29.8 Å². The molecule has 0 atom stereocenters. The Kier molecular flexibility index (Phi) is 2.97. The molecule has 3 aromatic rings. The number of benzene rings is 1. The molecule has 0 N–H and O–H groups in total. The lowest BCUT2D eigenvalue weighted by Gasteiger charge is -2.02. The number of fused-ring (bicyclic) bond motifs is 1. The van der Waals surface area contributed by atoms with E-state index in [1.165, 1.54) is 6.20 Å². The van der Waals surface area contributed by atoms with Crippen molar-refractivity contribution < 1.29 is 4.79 Å². The molecule has 3 nitrogen and oxygen atoms in total. The number of aromatic nitrogens is 2. The fourth-order valence-corrected chi connectivity index (χ4v) is 1.97. The van der Waals surface area contributed by atoms with E-state index in [9.17, 15) is 4.79 Å². The SMILES string of the molecule is O=C(c1cnc2ccccc2c1)c1ccc(Cl)cn1. The van der Waals surface area contributed by atoms with Crippen molar-refractivity contribution in [3.05, 3.63) is 71.1 Å². The van der Waals surface area contributed by atoms with E-state index in [1.807, 2.05) is 30.3 Å². The molecule has 0 bridgehead atoms. The molecule has 0 aliphatic rings. The summed E-state index contributed by atoms with van der Waals surface area (Å²) in [5.41, 5.74) is 1.75. The highest BCUT2D eigenvalue weighted by Gasteiger charge is 2.11. The number of para-hydroxylation sites is 1. The summed E-state index contributed by atoms with van der Waals surface area (Å²) in [5, 5.41) is 1.44. The highest BCUT2D eigenvalue weighted by atomic mass is 35.5. The van der Waals surface area contributed by atoms with E-state index in [2.05, 4.69) is 9.97 Å². The van der Waals surface area contributed by atoms with Gasteiger partial charge in [0.2, 0.25) is 5.78 Å². The Morgan fingerprint density at radius 1 is 1.00 bits per heavy atom. The molecule has 3 rings (SSSR count). The van der Waals surface area contributed by atoms with Crippen LogP contribution < -0.4 is 0 Å². The monoisotopic (exact) mass is 268 g/mol. The zero-order valence-corrected chi connectivity index (χ0v) is 10.6. The Morgan fingerprint density at radius 2 is 1.84 bits per heavy atom. The maximum Gasteiger partial charge on any atom is 0.212 e. The molecule has 0 aliphatic carbocycles. The highest BCUT2D eigenvalue weighted by Crippen LogP contribution is 2.15. The number of rotatable bonds is 2. The number of halogens is 1. The van der Waals surface area contributed by atoms with Crippen molar-refractivity contribution >= 4 is 28.3 Å². The molecule has 0 radical (unpaired) electrons. The van der Waals surface area contributed by atoms with Crippen LogP contribution in [0.3, 0.4) is 0 Å². The Bertz CT molecular complexity index is 753. The van der Waals surface area contributed by atoms with Crippen LogP contribution in [0.15, 0.2) is 54.9 Å². The fourth-order valence-electron chi connectivity index (χ4n) is 1.85. The van der Waals surface area contributed by atoms with E-state index in [0.29, 0.717) is 16.3 Å². The van der Waals surface area contributed by atoms with Gasteiger partial charge in [0.1, 0.15) is 5.69 Å². The third-order valence-electron chi connectivity index (χ3n) is 2.81. The first-order valence-electron chi connectivity index (χ1n) is 5.75. The number of carbonyl (C=O) groups excluding carboxylic acids is 1. The van der Waals surface area contributed by atoms with Gasteiger partial charge in [-0.3, -0.25) is 14.8 Å². The van der Waals surface area contributed by atoms with Gasteiger partial charge in [-0.2, -0.15) is 0 Å². The molecule has 2 aromatic heterocycles. The van der Waals surface area contributed by atoms with Crippen molar-refractivity contribution in [1.29, 1.82) is 0 Å². The van der Waals surface area contributed by atoms with Crippen molar-refractivity contribution in [3.8, 4) is 0 Å². The van der Waals surface area contributed by atoms with Crippen molar-refractivity contribution in [3.63, 3.8) is 0 Å². The first kappa shape index (κ1) is 11.8. The standard InChI is InChI=1S/C15H9ClN2O/c16-12-5-6-14(18-9-12)15(19)11-7-10-3-1-2-4-13(10)17-8-11/h1-9H. The van der Waals surface area contributed by atoms with Gasteiger partial charge in [-0.15, -0.1) is 0 Å². The number of pyridine rings is 2. The molecule has 92 valence electrons. The minimum atomic E-state index is -0.157. The van der Waals surface area contributed by atoms with Gasteiger partial charge >= 0.3 is 0 Å². The third-order valence-corrected chi connectivity index (χ3v) is 3.04. The maximum absolute atomic E-state index is 12.3. The minimum Gasteiger partial charge on any atom is -0.287 e. The minimum absolute atomic E-state index is 0.157. The van der Waals surface area contributed by atoms with E-state index in [4.69, 9.17) is 11.6 Å². The van der Waals surface area contributed by atoms with Crippen molar-refractivity contribution in [2.75, 3.05) is 0 Å². The van der Waals surface area contributed by atoms with Crippen LogP contribution in [0.2, 0.25) is 5.02 Å². The van der Waals surface area contributed by atoms with Crippen LogP contribution in [-0.2, 0) is 0 Å². The highest BCUT2D eigenvalue weighted by molar-refractivity contribution is 6.30. The molecule has 0 saturated carbocycles. The molecule has 1 aromatic carbocycles. The summed E-state index contributed by atoms with van der Waals surface area (Å²) in [5.74, 6) is -0.157. The van der Waals surface area contributed by atoms with Gasteiger partial charge in [0.05, 0.1) is 10.5 Å². The lowest BCUT2D eigenvalue weighted by Crippen LogP contribution is -2.04. The van der Waals surface area contributed by atoms with Crippen molar-refractivity contribution in [2.45, 2.75) is 0 Å². The van der Waals surface area contributed by atoms with Crippen LogP contribution in [0.25, 0.3) is 10.9 Å². The molecule has 0 fully saturated rings. The smallest absolute Gasteiger partial charge is 0.212 e. The van der Waals surface area contributed by atoms with Gasteiger partial charge < -0.3 is 0 Å². The average Bonchev–Trinajstić information content (AvgIpc) is 2.47. The number of hydrogen-bond donors (Lipinski definition) is 0. The second kappa shape index (κ2) is 4.78. The summed E-state index contributed by atoms with van der Waals surface area (Å²) in [6.07, 6.45) is 3.03. The number of carbonyl (C=O) groups is 1. The lowest BCUT2D eigenvalue weighted by atomic mass is 10.1. The second-order valence-electron chi connectivity index (χ2n) is 4.11. The molecule has 0 unspecified atom stereocenters. The fraction of sp³-hybridized carbons (Fsp3) is 0. The molecule has 0 spiro atoms. The topological polar surface area (TPSA) is 42.9 Å². The summed E-state index contributed by atoms with van der Waals surface area (Å²) in [4.78, 5) is 20.6. The van der Waals surface area contributed by atoms with Gasteiger partial charge in [0.25, 0.3) is 0 Å². The zero-order chi connectivity index (χ0) is 13.2. The lowest BCUT2D eigenvalue weighted by molar-refractivity contribution is 0.103. The maximum atomic E-state index is 12.3. The van der Waals surface area contributed by atoms with Crippen LogP contribution >= 0.6 is 11.6 Å². The first-order chi connectivity index (χ1) is 9.24. The van der Waals surface area contributed by atoms with Crippen LogP contribution in [0, 0.1) is 0 Å². The van der Waals surface area contributed by atoms with E-state index < -0.39 is 0 Å². The van der Waals surface area contributed by atoms with E-state index in [1.54, 1.807) is 18.3 Å². The predicted molar refractivity (Wildman–Crippen MR) is 74.4 cm³/mol. The summed E-state index contributed by atoms with van der Waals surface area (Å²) in [6, 6.07) is 12.7. The van der Waals surface area contributed by atoms with Crippen LogP contribution in [0.4, 0.5) is 0 Å². The number of hydrogen-bond acceptors (Lipinski definition) is 3. The van der Waals surface area contributed by atoms with Crippen molar-refractivity contribution in [2.24, 2.45) is 0 Å². The van der Waals surface area contributed by atoms with Gasteiger partial charge in [-0.25, -0.2) is 0 Å². The molecule has 2 heterocycles. The normalized spacial score (nSPS) is 10.6. The van der Waals surface area contributed by atoms with Gasteiger partial charge in [0, 0.05) is 23.3 Å². The largest absolute Gasteiger partial charge is 0.287 e. The molecule has 0 saturated heterocycles. The summed E-state index contributed by atoms with van der Waals surface area (Å²) >= 11 is 5.75. The quantitative estimate of drug-likeness (QED) is 0.668. The summed E-state index contributed by atoms with van der Waals surface area (Å²) in [7, 11) is 0. The molecule has 4 heteroatoms. The Balaban J connectivity index is 2.04. The molecular weight excluding hydrogens is 260 g/mol. The van der Waals surface area contributed by atoms with E-state index in [-0.39, 0.29) is 5.78 Å². The number of nitrogens with zero attached hydrogens (tertiary/aromatic N) is 2. The third kappa shape index (κ3) is 2.33. The zero-order valence-electron chi connectivity index (χ0n) is 9.88. The molecular formula is C15H9ClN2O.